The van der Waals surface area contributed by atoms with E-state index < -0.39 is 0 Å². The second kappa shape index (κ2) is 17.0. The van der Waals surface area contributed by atoms with Crippen molar-refractivity contribution in [1.82, 2.24) is 10.6 Å². The molecule has 1 amide bonds. The van der Waals surface area contributed by atoms with Crippen molar-refractivity contribution >= 4 is 57.5 Å². The van der Waals surface area contributed by atoms with Crippen LogP contribution in [0.25, 0.3) is 0 Å². The van der Waals surface area contributed by atoms with Gasteiger partial charge in [-0.15, -0.1) is 24.0 Å². The molecule has 0 fully saturated rings. The first-order valence-electron chi connectivity index (χ1n) is 9.21. The lowest BCUT2D eigenvalue weighted by atomic mass is 10.2. The van der Waals surface area contributed by atoms with Gasteiger partial charge in [0.05, 0.1) is 13.2 Å². The third-order valence-corrected chi connectivity index (χ3v) is 4.10. The fourth-order valence-electron chi connectivity index (χ4n) is 2.18. The highest BCUT2D eigenvalue weighted by molar-refractivity contribution is 14.0. The minimum atomic E-state index is -0.0360. The van der Waals surface area contributed by atoms with Crippen LogP contribution in [0.3, 0.4) is 0 Å². The number of hydrogen-bond acceptors (Lipinski definition) is 4. The quantitative estimate of drug-likeness (QED) is 0.155. The molecule has 1 rings (SSSR count). The summed E-state index contributed by atoms with van der Waals surface area (Å²) in [5.41, 5.74) is 1.85. The Morgan fingerprint density at radius 2 is 2.00 bits per heavy atom. The van der Waals surface area contributed by atoms with Gasteiger partial charge in [0.2, 0.25) is 5.91 Å². The zero-order valence-electron chi connectivity index (χ0n) is 16.8. The van der Waals surface area contributed by atoms with Gasteiger partial charge in [0, 0.05) is 49.9 Å². The van der Waals surface area contributed by atoms with Crippen molar-refractivity contribution in [2.75, 3.05) is 51.9 Å². The second-order valence-electron chi connectivity index (χ2n) is 5.90. The van der Waals surface area contributed by atoms with Gasteiger partial charge < -0.3 is 25.4 Å². The van der Waals surface area contributed by atoms with E-state index in [0.29, 0.717) is 45.3 Å². The fraction of sp³-hybridized carbons (Fsp3) is 0.579. The van der Waals surface area contributed by atoms with E-state index in [9.17, 15) is 4.79 Å². The van der Waals surface area contributed by atoms with Crippen LogP contribution >= 0.6 is 39.9 Å². The summed E-state index contributed by atoms with van der Waals surface area (Å²) in [6.45, 7) is 7.77. The Morgan fingerprint density at radius 3 is 2.71 bits per heavy atom. The molecule has 28 heavy (non-hydrogen) atoms. The van der Waals surface area contributed by atoms with Crippen LogP contribution in [-0.2, 0) is 14.3 Å². The average Bonchev–Trinajstić information content (AvgIpc) is 2.64. The molecule has 0 bridgehead atoms. The number of rotatable bonds is 12. The molecule has 0 aliphatic heterocycles. The number of amides is 1. The molecular weight excluding hydrogens is 539 g/mol. The van der Waals surface area contributed by atoms with E-state index in [1.165, 1.54) is 0 Å². The second-order valence-corrected chi connectivity index (χ2v) is 6.82. The maximum atomic E-state index is 12.1. The van der Waals surface area contributed by atoms with Crippen LogP contribution in [0.5, 0.6) is 0 Å². The summed E-state index contributed by atoms with van der Waals surface area (Å²) in [5, 5.41) is 9.29. The van der Waals surface area contributed by atoms with E-state index in [4.69, 9.17) is 9.47 Å². The molecule has 0 spiro atoms. The highest BCUT2D eigenvalue weighted by Gasteiger charge is 2.06. The Balaban J connectivity index is 0.00000729. The van der Waals surface area contributed by atoms with Gasteiger partial charge in [0.15, 0.2) is 5.96 Å². The number of ether oxygens (including phenoxy) is 2. The lowest BCUT2D eigenvalue weighted by Gasteiger charge is -2.12. The first kappa shape index (κ1) is 27.1. The number of methoxy groups -OCH3 is 1. The number of nitrogens with zero attached hydrogens (tertiary/aromatic N) is 1. The Bertz CT molecular complexity index is 603. The van der Waals surface area contributed by atoms with Crippen molar-refractivity contribution in [3.8, 4) is 0 Å². The van der Waals surface area contributed by atoms with Crippen molar-refractivity contribution in [2.45, 2.75) is 26.7 Å². The lowest BCUT2D eigenvalue weighted by Crippen LogP contribution is -2.38. The standard InChI is InChI=1S/C19H31BrN4O3.HI/c1-4-21-19(22-9-5-11-27-13-12-26-3)23-10-8-18(25)24-17-14-16(20)7-6-15(17)2;/h6-7,14H,4-5,8-13H2,1-3H3,(H,24,25)(H2,21,22,23);1H. The number of carbonyl (C=O) groups is 1. The van der Waals surface area contributed by atoms with E-state index in [2.05, 4.69) is 36.9 Å². The minimum absolute atomic E-state index is 0. The van der Waals surface area contributed by atoms with E-state index in [1.54, 1.807) is 7.11 Å². The third kappa shape index (κ3) is 12.5. The summed E-state index contributed by atoms with van der Waals surface area (Å²) >= 11 is 3.42. The summed E-state index contributed by atoms with van der Waals surface area (Å²) < 4.78 is 11.3. The van der Waals surface area contributed by atoms with Crippen molar-refractivity contribution in [3.63, 3.8) is 0 Å². The number of halogens is 2. The molecule has 9 heteroatoms. The molecule has 0 aliphatic rings. The van der Waals surface area contributed by atoms with Crippen LogP contribution in [0.1, 0.15) is 25.3 Å². The normalized spacial score (nSPS) is 10.9. The van der Waals surface area contributed by atoms with E-state index in [0.717, 1.165) is 28.7 Å². The van der Waals surface area contributed by atoms with Crippen LogP contribution in [0.2, 0.25) is 0 Å². The van der Waals surface area contributed by atoms with Gasteiger partial charge in [-0.1, -0.05) is 22.0 Å². The van der Waals surface area contributed by atoms with E-state index in [1.807, 2.05) is 32.0 Å². The first-order valence-corrected chi connectivity index (χ1v) is 10.0. The molecule has 0 aromatic heterocycles. The number of anilines is 1. The molecular formula is C19H32BrIN4O3. The summed E-state index contributed by atoms with van der Waals surface area (Å²) in [5.74, 6) is 0.673. The number of hydrogen-bond donors (Lipinski definition) is 3. The molecule has 1 aromatic carbocycles. The van der Waals surface area contributed by atoms with Crippen LogP contribution in [0, 0.1) is 6.92 Å². The zero-order chi connectivity index (χ0) is 19.9. The number of nitrogens with one attached hydrogen (secondary N) is 3. The van der Waals surface area contributed by atoms with Gasteiger partial charge in [-0.25, -0.2) is 0 Å². The van der Waals surface area contributed by atoms with Crippen LogP contribution in [0.15, 0.2) is 27.7 Å². The van der Waals surface area contributed by atoms with Gasteiger partial charge in [-0.3, -0.25) is 9.79 Å². The number of carbonyl (C=O) groups excluding carboxylic acids is 1. The largest absolute Gasteiger partial charge is 0.382 e. The molecule has 0 aliphatic carbocycles. The topological polar surface area (TPSA) is 84.0 Å². The van der Waals surface area contributed by atoms with Crippen molar-refractivity contribution in [2.24, 2.45) is 4.99 Å². The number of aryl methyl sites for hydroxylation is 1. The highest BCUT2D eigenvalue weighted by Crippen LogP contribution is 2.20. The van der Waals surface area contributed by atoms with E-state index >= 15 is 0 Å². The third-order valence-electron chi connectivity index (χ3n) is 3.61. The summed E-state index contributed by atoms with van der Waals surface area (Å²) in [7, 11) is 1.66. The van der Waals surface area contributed by atoms with Crippen LogP contribution in [0.4, 0.5) is 5.69 Å². The highest BCUT2D eigenvalue weighted by atomic mass is 127. The average molecular weight is 571 g/mol. The number of guanidine groups is 1. The molecule has 7 nitrogen and oxygen atoms in total. The maximum absolute atomic E-state index is 12.1. The van der Waals surface area contributed by atoms with E-state index in [-0.39, 0.29) is 29.9 Å². The molecule has 0 atom stereocenters. The SMILES string of the molecule is CCNC(=NCCCOCCOC)NCCC(=O)Nc1cc(Br)ccc1C.I. The molecule has 1 aromatic rings. The Hall–Kier alpha value is -0.910. The molecule has 0 saturated heterocycles. The Kier molecular flexibility index (Phi) is 16.4. The first-order chi connectivity index (χ1) is 13.1. The van der Waals surface area contributed by atoms with Crippen molar-refractivity contribution in [1.29, 1.82) is 0 Å². The molecule has 0 saturated carbocycles. The Morgan fingerprint density at radius 1 is 1.21 bits per heavy atom. The Labute approximate surface area is 193 Å². The fourth-order valence-corrected chi connectivity index (χ4v) is 2.54. The summed E-state index contributed by atoms with van der Waals surface area (Å²) in [6.07, 6.45) is 1.19. The van der Waals surface area contributed by atoms with Crippen LogP contribution in [-0.4, -0.2) is 58.4 Å². The predicted molar refractivity (Wildman–Crippen MR) is 129 cm³/mol. The monoisotopic (exact) mass is 570 g/mol. The maximum Gasteiger partial charge on any atom is 0.226 e. The van der Waals surface area contributed by atoms with Crippen LogP contribution < -0.4 is 16.0 Å². The zero-order valence-corrected chi connectivity index (χ0v) is 20.8. The predicted octanol–water partition coefficient (Wildman–Crippen LogP) is 3.31. The molecule has 160 valence electrons. The van der Waals surface area contributed by atoms with Gasteiger partial charge >= 0.3 is 0 Å². The molecule has 3 N–H and O–H groups in total. The minimum Gasteiger partial charge on any atom is -0.382 e. The lowest BCUT2D eigenvalue weighted by molar-refractivity contribution is -0.116. The van der Waals surface area contributed by atoms with Crippen molar-refractivity contribution in [3.05, 3.63) is 28.2 Å². The molecule has 0 unspecified atom stereocenters. The molecule has 0 radical (unpaired) electrons. The smallest absolute Gasteiger partial charge is 0.226 e. The van der Waals surface area contributed by atoms with Gasteiger partial charge in [0.25, 0.3) is 0 Å². The summed E-state index contributed by atoms with van der Waals surface area (Å²) in [4.78, 5) is 16.6. The summed E-state index contributed by atoms with van der Waals surface area (Å²) in [6, 6.07) is 5.82. The number of aliphatic imine (C=N–C) groups is 1. The van der Waals surface area contributed by atoms with Gasteiger partial charge in [-0.05, 0) is 38.0 Å². The number of benzene rings is 1. The van der Waals surface area contributed by atoms with Crippen molar-refractivity contribution < 1.29 is 14.3 Å². The molecule has 0 heterocycles. The van der Waals surface area contributed by atoms with Gasteiger partial charge in [-0.2, -0.15) is 0 Å². The van der Waals surface area contributed by atoms with Gasteiger partial charge in [0.1, 0.15) is 0 Å².